The largest absolute Gasteiger partial charge is 0.448 e. The first-order valence-electron chi connectivity index (χ1n) is 8.63. The van der Waals surface area contributed by atoms with Crippen LogP contribution in [0.1, 0.15) is 64.2 Å². The number of rotatable bonds is 4. The molecule has 2 unspecified atom stereocenters. The van der Waals surface area contributed by atoms with Crippen molar-refractivity contribution in [3.05, 3.63) is 0 Å². The molecule has 0 aromatic heterocycles. The summed E-state index contributed by atoms with van der Waals surface area (Å²) in [7, 11) is 0. The van der Waals surface area contributed by atoms with Gasteiger partial charge in [0.25, 0.3) is 0 Å². The van der Waals surface area contributed by atoms with Crippen LogP contribution < -0.4 is 0 Å². The highest BCUT2D eigenvalue weighted by molar-refractivity contribution is 4.95. The second-order valence-corrected chi connectivity index (χ2v) is 7.06. The Hall–Kier alpha value is -0.600. The monoisotopic (exact) mass is 382 g/mol. The Kier molecular flexibility index (Phi) is 5.96. The smallest absolute Gasteiger partial charge is 0.293 e. The molecule has 0 radical (unpaired) electrons. The highest BCUT2D eigenvalue weighted by atomic mass is 19.4. The van der Waals surface area contributed by atoms with Crippen molar-refractivity contribution in [1.29, 1.82) is 0 Å². The normalized spacial score (nSPS) is 26.9. The van der Waals surface area contributed by atoms with Crippen LogP contribution in [0, 0.1) is 11.8 Å². The topological polar surface area (TPSA) is 9.23 Å². The van der Waals surface area contributed by atoms with E-state index in [2.05, 4.69) is 4.74 Å². The highest BCUT2D eigenvalue weighted by Crippen LogP contribution is 2.55. The van der Waals surface area contributed by atoms with Crippen LogP contribution in [0.3, 0.4) is 0 Å². The third-order valence-electron chi connectivity index (χ3n) is 5.33. The van der Waals surface area contributed by atoms with Crippen molar-refractivity contribution in [2.45, 2.75) is 88.3 Å². The molecule has 0 heterocycles. The maximum Gasteiger partial charge on any atom is 0.448 e. The second-order valence-electron chi connectivity index (χ2n) is 7.06. The lowest BCUT2D eigenvalue weighted by Crippen LogP contribution is -2.61. The van der Waals surface area contributed by atoms with Crippen molar-refractivity contribution in [3.63, 3.8) is 0 Å². The lowest BCUT2D eigenvalue weighted by atomic mass is 9.81. The van der Waals surface area contributed by atoms with Gasteiger partial charge in [0.2, 0.25) is 0 Å². The summed E-state index contributed by atoms with van der Waals surface area (Å²) in [5.74, 6) is -12.9. The van der Waals surface area contributed by atoms with Crippen molar-refractivity contribution in [2.75, 3.05) is 0 Å². The first-order chi connectivity index (χ1) is 11.4. The molecular formula is C16H22F8O. The van der Waals surface area contributed by atoms with E-state index in [1.165, 1.54) is 0 Å². The summed E-state index contributed by atoms with van der Waals surface area (Å²) < 4.78 is 114. The molecule has 2 aliphatic rings. The van der Waals surface area contributed by atoms with E-state index in [4.69, 9.17) is 0 Å². The minimum atomic E-state index is -5.74. The summed E-state index contributed by atoms with van der Waals surface area (Å²) in [5, 5.41) is 0. The van der Waals surface area contributed by atoms with Crippen LogP contribution in [0.15, 0.2) is 0 Å². The Balaban J connectivity index is 2.37. The van der Waals surface area contributed by atoms with E-state index in [9.17, 15) is 35.1 Å². The molecule has 0 bridgehead atoms. The first-order valence-corrected chi connectivity index (χ1v) is 8.63. The molecule has 2 fully saturated rings. The van der Waals surface area contributed by atoms with E-state index in [0.29, 0.717) is 12.8 Å². The molecular weight excluding hydrogens is 360 g/mol. The van der Waals surface area contributed by atoms with Crippen molar-refractivity contribution in [1.82, 2.24) is 0 Å². The van der Waals surface area contributed by atoms with Crippen LogP contribution in [0.2, 0.25) is 0 Å². The van der Waals surface area contributed by atoms with E-state index in [1.54, 1.807) is 0 Å². The molecule has 25 heavy (non-hydrogen) atoms. The van der Waals surface area contributed by atoms with Gasteiger partial charge in [0.1, 0.15) is 0 Å². The average Bonchev–Trinajstić information content (AvgIpc) is 2.54. The van der Waals surface area contributed by atoms with Gasteiger partial charge < -0.3 is 0 Å². The molecule has 0 amide bonds. The second kappa shape index (κ2) is 7.19. The van der Waals surface area contributed by atoms with Crippen molar-refractivity contribution < 1.29 is 39.9 Å². The fourth-order valence-corrected chi connectivity index (χ4v) is 3.91. The Labute approximate surface area is 141 Å². The Morgan fingerprint density at radius 2 is 0.760 bits per heavy atom. The molecule has 148 valence electrons. The van der Waals surface area contributed by atoms with E-state index in [1.807, 2.05) is 0 Å². The molecule has 0 N–H and O–H groups in total. The van der Waals surface area contributed by atoms with Gasteiger partial charge in [-0.25, -0.2) is 8.78 Å². The average molecular weight is 382 g/mol. The van der Waals surface area contributed by atoms with Gasteiger partial charge in [0.15, 0.2) is 0 Å². The van der Waals surface area contributed by atoms with Crippen LogP contribution >= 0.6 is 0 Å². The zero-order valence-corrected chi connectivity index (χ0v) is 13.7. The molecule has 9 heteroatoms. The predicted molar refractivity (Wildman–Crippen MR) is 74.0 cm³/mol. The molecule has 0 spiro atoms. The van der Waals surface area contributed by atoms with E-state index < -0.39 is 35.9 Å². The molecule has 2 atom stereocenters. The summed E-state index contributed by atoms with van der Waals surface area (Å²) in [6.07, 6.45) is -10.5. The van der Waals surface area contributed by atoms with Crippen molar-refractivity contribution >= 4 is 0 Å². The Bertz CT molecular complexity index is 396. The molecule has 0 saturated heterocycles. The van der Waals surface area contributed by atoms with E-state index in [0.717, 1.165) is 0 Å². The number of alkyl halides is 8. The van der Waals surface area contributed by atoms with E-state index >= 15 is 0 Å². The molecule has 1 nitrogen and oxygen atoms in total. The summed E-state index contributed by atoms with van der Waals surface area (Å²) in [6.45, 7) is 0. The van der Waals surface area contributed by atoms with Crippen molar-refractivity contribution in [2.24, 2.45) is 11.8 Å². The van der Waals surface area contributed by atoms with Crippen LogP contribution in [-0.4, -0.2) is 24.1 Å². The Morgan fingerprint density at radius 1 is 0.480 bits per heavy atom. The molecule has 0 aromatic rings. The summed E-state index contributed by atoms with van der Waals surface area (Å²) in [4.78, 5) is 0. The summed E-state index contributed by atoms with van der Waals surface area (Å²) >= 11 is 0. The van der Waals surface area contributed by atoms with Crippen LogP contribution in [0.5, 0.6) is 0 Å². The maximum atomic E-state index is 14.9. The van der Waals surface area contributed by atoms with Gasteiger partial charge in [0, 0.05) is 11.8 Å². The quantitative estimate of drug-likeness (QED) is 0.497. The maximum absolute atomic E-state index is 14.9. The third-order valence-corrected chi connectivity index (χ3v) is 5.33. The SMILES string of the molecule is FC(F)(F)C(F)(OC(F)(C1CCCCC1)C(F)(F)F)C1CCCCC1. The summed E-state index contributed by atoms with van der Waals surface area (Å²) in [6, 6.07) is 0. The lowest BCUT2D eigenvalue weighted by Gasteiger charge is -2.44. The van der Waals surface area contributed by atoms with Crippen LogP contribution in [0.25, 0.3) is 0 Å². The zero-order chi connectivity index (χ0) is 18.9. The molecule has 2 saturated carbocycles. The van der Waals surface area contributed by atoms with Gasteiger partial charge in [-0.15, -0.1) is 0 Å². The van der Waals surface area contributed by atoms with Gasteiger partial charge in [-0.3, -0.25) is 4.74 Å². The number of halogens is 8. The van der Waals surface area contributed by atoms with Gasteiger partial charge in [-0.05, 0) is 25.7 Å². The van der Waals surface area contributed by atoms with Crippen LogP contribution in [0.4, 0.5) is 35.1 Å². The standard InChI is InChI=1S/C16H22F8O/c17-13(15(19,20)21,11-7-3-1-4-8-11)25-14(18,16(22,23)24)12-9-5-2-6-10-12/h11-12H,1-10H2. The number of ether oxygens (including phenoxy) is 1. The first kappa shape index (κ1) is 20.7. The highest BCUT2D eigenvalue weighted by Gasteiger charge is 2.72. The minimum absolute atomic E-state index is 0.241. The van der Waals surface area contributed by atoms with E-state index in [-0.39, 0.29) is 51.4 Å². The molecule has 2 rings (SSSR count). The van der Waals surface area contributed by atoms with Gasteiger partial charge in [-0.2, -0.15) is 26.3 Å². The molecule has 0 aromatic carbocycles. The van der Waals surface area contributed by atoms with Crippen molar-refractivity contribution in [3.8, 4) is 0 Å². The van der Waals surface area contributed by atoms with Gasteiger partial charge in [0.05, 0.1) is 0 Å². The third kappa shape index (κ3) is 4.06. The van der Waals surface area contributed by atoms with Gasteiger partial charge >= 0.3 is 24.1 Å². The fourth-order valence-electron chi connectivity index (χ4n) is 3.91. The number of hydrogen-bond donors (Lipinski definition) is 0. The fraction of sp³-hybridized carbons (Fsp3) is 1.00. The van der Waals surface area contributed by atoms with Crippen LogP contribution in [-0.2, 0) is 4.74 Å². The summed E-state index contributed by atoms with van der Waals surface area (Å²) in [5.41, 5.74) is 0. The Morgan fingerprint density at radius 3 is 1.00 bits per heavy atom. The molecule has 2 aliphatic carbocycles. The lowest BCUT2D eigenvalue weighted by molar-refractivity contribution is -0.459. The minimum Gasteiger partial charge on any atom is -0.293 e. The zero-order valence-electron chi connectivity index (χ0n) is 13.7. The van der Waals surface area contributed by atoms with Gasteiger partial charge in [-0.1, -0.05) is 38.5 Å². The predicted octanol–water partition coefficient (Wildman–Crippen LogP) is 6.62. The molecule has 0 aliphatic heterocycles. The number of hydrogen-bond acceptors (Lipinski definition) is 1.